The Labute approximate surface area is 119 Å². The van der Waals surface area contributed by atoms with Gasteiger partial charge in [0.15, 0.2) is 18.3 Å². The first-order valence-electron chi connectivity index (χ1n) is 5.96. The maximum Gasteiger partial charge on any atom is 0.177 e. The summed E-state index contributed by atoms with van der Waals surface area (Å²) >= 11 is 0. The Kier molecular flexibility index (Phi) is 9.90. The van der Waals surface area contributed by atoms with Gasteiger partial charge in [0, 0.05) is 0 Å². The van der Waals surface area contributed by atoms with Gasteiger partial charge in [-0.05, 0) is 0 Å². The number of aliphatic hydroxyl groups is 2. The second-order valence-corrected chi connectivity index (χ2v) is 3.63. The Balaban J connectivity index is 5.15. The molecular weight excluding hydrogens is 264 g/mol. The van der Waals surface area contributed by atoms with E-state index in [0.717, 1.165) is 6.26 Å². The van der Waals surface area contributed by atoms with Crippen molar-refractivity contribution in [3.8, 4) is 0 Å². The average Bonchev–Trinajstić information content (AvgIpc) is 2.46. The summed E-state index contributed by atoms with van der Waals surface area (Å²) in [5.74, 6) is 0. The van der Waals surface area contributed by atoms with Crippen molar-refractivity contribution in [2.45, 2.75) is 24.4 Å². The minimum Gasteiger partial charge on any atom is -0.498 e. The Morgan fingerprint density at radius 3 is 1.85 bits per heavy atom. The molecule has 6 nitrogen and oxygen atoms in total. The highest BCUT2D eigenvalue weighted by molar-refractivity contribution is 4.88. The molecule has 0 saturated heterocycles. The van der Waals surface area contributed by atoms with Crippen molar-refractivity contribution in [3.63, 3.8) is 0 Å². The van der Waals surface area contributed by atoms with E-state index in [1.54, 1.807) is 0 Å². The van der Waals surface area contributed by atoms with Gasteiger partial charge < -0.3 is 29.2 Å². The Hall–Kier alpha value is -1.92. The third-order valence-electron chi connectivity index (χ3n) is 2.41. The average molecular weight is 286 g/mol. The van der Waals surface area contributed by atoms with Crippen molar-refractivity contribution in [1.29, 1.82) is 0 Å². The van der Waals surface area contributed by atoms with Crippen molar-refractivity contribution in [2.24, 2.45) is 0 Å². The third kappa shape index (κ3) is 5.81. The molecule has 0 aromatic heterocycles. The summed E-state index contributed by atoms with van der Waals surface area (Å²) < 4.78 is 20.9. The van der Waals surface area contributed by atoms with Crippen molar-refractivity contribution >= 4 is 0 Å². The molecule has 4 atom stereocenters. The molecule has 0 aliphatic heterocycles. The maximum absolute atomic E-state index is 9.81. The van der Waals surface area contributed by atoms with Gasteiger partial charge in [-0.3, -0.25) is 0 Å². The molecule has 0 spiro atoms. The van der Waals surface area contributed by atoms with Gasteiger partial charge in [0.2, 0.25) is 0 Å². The van der Waals surface area contributed by atoms with Crippen molar-refractivity contribution in [1.82, 2.24) is 0 Å². The molecule has 0 aromatic rings. The number of hydrogen-bond donors (Lipinski definition) is 2. The van der Waals surface area contributed by atoms with E-state index >= 15 is 0 Å². The molecule has 0 bridgehead atoms. The van der Waals surface area contributed by atoms with Gasteiger partial charge >= 0.3 is 0 Å². The second-order valence-electron chi connectivity index (χ2n) is 3.63. The molecule has 0 rings (SSSR count). The highest BCUT2D eigenvalue weighted by atomic mass is 16.6. The first-order chi connectivity index (χ1) is 9.65. The van der Waals surface area contributed by atoms with E-state index in [-0.39, 0.29) is 6.61 Å². The van der Waals surface area contributed by atoms with Crippen molar-refractivity contribution in [2.75, 3.05) is 13.2 Å². The molecule has 0 aliphatic rings. The molecule has 0 saturated carbocycles. The van der Waals surface area contributed by atoms with Crippen LogP contribution in [0, 0.1) is 0 Å². The van der Waals surface area contributed by atoms with Crippen LogP contribution in [0.2, 0.25) is 0 Å². The summed E-state index contributed by atoms with van der Waals surface area (Å²) in [7, 11) is 0. The summed E-state index contributed by atoms with van der Waals surface area (Å²) in [6.07, 6.45) is 1.21. The molecule has 0 unspecified atom stereocenters. The van der Waals surface area contributed by atoms with Crippen LogP contribution in [0.1, 0.15) is 0 Å². The molecule has 0 amide bonds. The van der Waals surface area contributed by atoms with Crippen LogP contribution in [-0.4, -0.2) is 47.8 Å². The Morgan fingerprint density at radius 2 is 1.40 bits per heavy atom. The van der Waals surface area contributed by atoms with E-state index in [0.29, 0.717) is 0 Å². The number of hydrogen-bond acceptors (Lipinski definition) is 6. The van der Waals surface area contributed by atoms with Crippen LogP contribution >= 0.6 is 0 Å². The van der Waals surface area contributed by atoms with E-state index in [4.69, 9.17) is 24.1 Å². The molecule has 0 fully saturated rings. The molecule has 20 heavy (non-hydrogen) atoms. The summed E-state index contributed by atoms with van der Waals surface area (Å²) in [6, 6.07) is 0. The van der Waals surface area contributed by atoms with Crippen LogP contribution < -0.4 is 0 Å². The second kappa shape index (κ2) is 11.0. The minimum atomic E-state index is -1.20. The molecule has 114 valence electrons. The third-order valence-corrected chi connectivity index (χ3v) is 2.41. The first kappa shape index (κ1) is 18.1. The summed E-state index contributed by atoms with van der Waals surface area (Å²) in [6.45, 7) is 13.3. The maximum atomic E-state index is 9.81. The van der Waals surface area contributed by atoms with Gasteiger partial charge in [0.1, 0.15) is 12.7 Å². The van der Waals surface area contributed by atoms with Crippen LogP contribution in [0.25, 0.3) is 0 Å². The fourth-order valence-electron chi connectivity index (χ4n) is 1.59. The van der Waals surface area contributed by atoms with E-state index in [1.807, 2.05) is 0 Å². The van der Waals surface area contributed by atoms with Gasteiger partial charge in [0.25, 0.3) is 0 Å². The topological polar surface area (TPSA) is 77.4 Å². The van der Waals surface area contributed by atoms with E-state index in [9.17, 15) is 5.11 Å². The van der Waals surface area contributed by atoms with Gasteiger partial charge in [-0.1, -0.05) is 26.3 Å². The minimum absolute atomic E-state index is 0.0865. The zero-order chi connectivity index (χ0) is 15.4. The predicted octanol–water partition coefficient (Wildman–Crippen LogP) is 1.09. The molecule has 0 aromatic carbocycles. The zero-order valence-corrected chi connectivity index (χ0v) is 11.4. The van der Waals surface area contributed by atoms with Gasteiger partial charge in [-0.15, -0.1) is 0 Å². The Bertz CT molecular complexity index is 304. The molecule has 6 heteroatoms. The van der Waals surface area contributed by atoms with E-state index < -0.39 is 31.0 Å². The van der Waals surface area contributed by atoms with Crippen LogP contribution in [0.15, 0.2) is 51.4 Å². The fourth-order valence-corrected chi connectivity index (χ4v) is 1.59. The SMILES string of the molecule is C=COC[C@H](OC=C)[C@@H](OC=C)[C@H](OC=C)[C@H](O)CO. The lowest BCUT2D eigenvalue weighted by Crippen LogP contribution is -2.49. The van der Waals surface area contributed by atoms with Crippen LogP contribution in [0.3, 0.4) is 0 Å². The summed E-state index contributed by atoms with van der Waals surface area (Å²) in [5.41, 5.74) is 0. The number of rotatable bonds is 13. The largest absolute Gasteiger partial charge is 0.498 e. The highest BCUT2D eigenvalue weighted by Gasteiger charge is 2.38. The predicted molar refractivity (Wildman–Crippen MR) is 74.5 cm³/mol. The molecule has 0 radical (unpaired) electrons. The quantitative estimate of drug-likeness (QED) is 0.493. The number of aliphatic hydroxyl groups excluding tert-OH is 2. The first-order valence-corrected chi connectivity index (χ1v) is 5.96. The smallest absolute Gasteiger partial charge is 0.177 e. The van der Waals surface area contributed by atoms with Crippen LogP contribution in [0.4, 0.5) is 0 Å². The highest BCUT2D eigenvalue weighted by Crippen LogP contribution is 2.17. The van der Waals surface area contributed by atoms with Crippen molar-refractivity contribution < 1.29 is 29.2 Å². The van der Waals surface area contributed by atoms with Gasteiger partial charge in [-0.2, -0.15) is 0 Å². The lowest BCUT2D eigenvalue weighted by atomic mass is 10.0. The molecule has 2 N–H and O–H groups in total. The van der Waals surface area contributed by atoms with Gasteiger partial charge in [-0.25, -0.2) is 0 Å². The zero-order valence-electron chi connectivity index (χ0n) is 11.4. The standard InChI is InChI=1S/C14H22O6/c1-5-17-10-12(18-6-2)14(20-8-4)13(19-7-3)11(16)9-15/h5-8,11-16H,1-4,9-10H2/t11-,12+,13-,14-/m1/s1. The van der Waals surface area contributed by atoms with E-state index in [2.05, 4.69) is 26.3 Å². The van der Waals surface area contributed by atoms with Crippen LogP contribution in [-0.2, 0) is 18.9 Å². The van der Waals surface area contributed by atoms with E-state index in [1.165, 1.54) is 18.8 Å². The molecular formula is C14H22O6. The Morgan fingerprint density at radius 1 is 0.850 bits per heavy atom. The summed E-state index contributed by atoms with van der Waals surface area (Å²) in [4.78, 5) is 0. The fraction of sp³-hybridized carbons (Fsp3) is 0.429. The van der Waals surface area contributed by atoms with Crippen LogP contribution in [0.5, 0.6) is 0 Å². The molecule has 0 heterocycles. The lowest BCUT2D eigenvalue weighted by molar-refractivity contribution is -0.133. The molecule has 0 aliphatic carbocycles. The summed E-state index contributed by atoms with van der Waals surface area (Å²) in [5, 5.41) is 18.9. The van der Waals surface area contributed by atoms with Gasteiger partial charge in [0.05, 0.1) is 31.7 Å². The van der Waals surface area contributed by atoms with Crippen molar-refractivity contribution in [3.05, 3.63) is 51.4 Å². The normalized spacial score (nSPS) is 15.9. The monoisotopic (exact) mass is 286 g/mol. The lowest BCUT2D eigenvalue weighted by Gasteiger charge is -2.33. The number of ether oxygens (including phenoxy) is 4.